The summed E-state index contributed by atoms with van der Waals surface area (Å²) in [7, 11) is 6.48. The molecule has 26 heavy (non-hydrogen) atoms. The quantitative estimate of drug-likeness (QED) is 0.804. The number of carbonyl (C=O) groups excluding carboxylic acids is 1. The zero-order valence-corrected chi connectivity index (χ0v) is 16.2. The summed E-state index contributed by atoms with van der Waals surface area (Å²) in [5.41, 5.74) is 0.598. The molecule has 144 valence electrons. The highest BCUT2D eigenvalue weighted by molar-refractivity contribution is 5.98. The number of benzene rings is 1. The maximum Gasteiger partial charge on any atom is 0.257 e. The molecule has 1 aliphatic carbocycles. The Kier molecular flexibility index (Phi) is 5.61. The summed E-state index contributed by atoms with van der Waals surface area (Å²) in [6.07, 6.45) is 5.74. The first-order chi connectivity index (χ1) is 12.6. The first-order valence-electron chi connectivity index (χ1n) is 9.20. The highest BCUT2D eigenvalue weighted by atomic mass is 16.5. The molecule has 1 amide bonds. The van der Waals surface area contributed by atoms with Crippen molar-refractivity contribution in [1.29, 1.82) is 0 Å². The van der Waals surface area contributed by atoms with E-state index in [2.05, 4.69) is 0 Å². The molecular formula is C20H29NO5. The van der Waals surface area contributed by atoms with Crippen molar-refractivity contribution in [2.24, 2.45) is 5.41 Å². The van der Waals surface area contributed by atoms with Gasteiger partial charge in [0.1, 0.15) is 5.75 Å². The van der Waals surface area contributed by atoms with Crippen LogP contribution in [0.2, 0.25) is 0 Å². The van der Waals surface area contributed by atoms with Crippen LogP contribution in [0.25, 0.3) is 0 Å². The van der Waals surface area contributed by atoms with Crippen LogP contribution < -0.4 is 14.2 Å². The molecule has 6 heteroatoms. The molecule has 1 aliphatic heterocycles. The molecule has 0 radical (unpaired) electrons. The minimum atomic E-state index is -0.0244. The molecule has 0 unspecified atom stereocenters. The van der Waals surface area contributed by atoms with Gasteiger partial charge in [0.25, 0.3) is 5.91 Å². The molecule has 1 saturated heterocycles. The second-order valence-electron chi connectivity index (χ2n) is 7.22. The number of amides is 1. The number of hydrogen-bond donors (Lipinski definition) is 0. The Hall–Kier alpha value is -1.95. The van der Waals surface area contributed by atoms with Gasteiger partial charge in [-0.1, -0.05) is 6.42 Å². The van der Waals surface area contributed by atoms with Gasteiger partial charge in [-0.15, -0.1) is 0 Å². The third kappa shape index (κ3) is 3.22. The van der Waals surface area contributed by atoms with Gasteiger partial charge in [-0.2, -0.15) is 0 Å². The van der Waals surface area contributed by atoms with Crippen LogP contribution in [0.15, 0.2) is 12.1 Å². The Morgan fingerprint density at radius 2 is 1.65 bits per heavy atom. The minimum absolute atomic E-state index is 0.0244. The lowest BCUT2D eigenvalue weighted by atomic mass is 9.76. The Morgan fingerprint density at radius 1 is 1.00 bits per heavy atom. The van der Waals surface area contributed by atoms with E-state index in [1.165, 1.54) is 6.42 Å². The summed E-state index contributed by atoms with van der Waals surface area (Å²) in [6, 6.07) is 3.42. The average molecular weight is 363 g/mol. The summed E-state index contributed by atoms with van der Waals surface area (Å²) in [5, 5.41) is 0. The zero-order chi connectivity index (χ0) is 18.7. The number of hydrogen-bond acceptors (Lipinski definition) is 5. The number of piperidine rings is 1. The molecular weight excluding hydrogens is 334 g/mol. The summed E-state index contributed by atoms with van der Waals surface area (Å²) in [4.78, 5) is 15.2. The highest BCUT2D eigenvalue weighted by Gasteiger charge is 2.47. The molecule has 0 N–H and O–H groups in total. The fraction of sp³-hybridized carbons (Fsp3) is 0.650. The molecule has 0 bridgehead atoms. The molecule has 1 aromatic rings. The first-order valence-corrected chi connectivity index (χ1v) is 9.20. The van der Waals surface area contributed by atoms with Gasteiger partial charge in [0.2, 0.25) is 0 Å². The van der Waals surface area contributed by atoms with Crippen molar-refractivity contribution >= 4 is 5.91 Å². The van der Waals surface area contributed by atoms with Crippen LogP contribution >= 0.6 is 0 Å². The van der Waals surface area contributed by atoms with Crippen LogP contribution in [-0.2, 0) is 4.74 Å². The lowest BCUT2D eigenvalue weighted by molar-refractivity contribution is -0.0296. The van der Waals surface area contributed by atoms with Gasteiger partial charge < -0.3 is 23.8 Å². The van der Waals surface area contributed by atoms with Crippen molar-refractivity contribution in [1.82, 2.24) is 4.90 Å². The monoisotopic (exact) mass is 363 g/mol. The third-order valence-corrected chi connectivity index (χ3v) is 5.94. The SMILES string of the molecule is COc1cc(OC)c(C(=O)N2CCC[C@@]3(CCC[C@H]3OC)C2)cc1OC. The summed E-state index contributed by atoms with van der Waals surface area (Å²) in [5.74, 6) is 1.55. The summed E-state index contributed by atoms with van der Waals surface area (Å²) < 4.78 is 21.9. The van der Waals surface area contributed by atoms with Gasteiger partial charge >= 0.3 is 0 Å². The number of rotatable bonds is 5. The summed E-state index contributed by atoms with van der Waals surface area (Å²) >= 11 is 0. The Labute approximate surface area is 155 Å². The first kappa shape index (κ1) is 18.8. The van der Waals surface area contributed by atoms with E-state index in [0.717, 1.165) is 38.8 Å². The van der Waals surface area contributed by atoms with Crippen molar-refractivity contribution in [2.45, 2.75) is 38.2 Å². The number of carbonyl (C=O) groups is 1. The molecule has 1 aromatic carbocycles. The minimum Gasteiger partial charge on any atom is -0.496 e. The Bertz CT molecular complexity index is 662. The van der Waals surface area contributed by atoms with Gasteiger partial charge in [-0.3, -0.25) is 4.79 Å². The van der Waals surface area contributed by atoms with Crippen LogP contribution in [0.3, 0.4) is 0 Å². The van der Waals surface area contributed by atoms with Crippen LogP contribution in [0.5, 0.6) is 17.2 Å². The van der Waals surface area contributed by atoms with Gasteiger partial charge in [0, 0.05) is 37.7 Å². The molecule has 2 atom stereocenters. The van der Waals surface area contributed by atoms with Crippen LogP contribution in [0.4, 0.5) is 0 Å². The van der Waals surface area contributed by atoms with Crippen molar-refractivity contribution in [3.8, 4) is 17.2 Å². The molecule has 3 rings (SSSR count). The van der Waals surface area contributed by atoms with E-state index < -0.39 is 0 Å². The second kappa shape index (κ2) is 7.74. The van der Waals surface area contributed by atoms with E-state index in [1.807, 2.05) is 4.90 Å². The van der Waals surface area contributed by atoms with Crippen molar-refractivity contribution in [2.75, 3.05) is 41.5 Å². The second-order valence-corrected chi connectivity index (χ2v) is 7.22. The van der Waals surface area contributed by atoms with Crippen molar-refractivity contribution < 1.29 is 23.7 Å². The molecule has 6 nitrogen and oxygen atoms in total. The average Bonchev–Trinajstić information content (AvgIpc) is 3.07. The molecule has 2 aliphatic rings. The third-order valence-electron chi connectivity index (χ3n) is 5.94. The van der Waals surface area contributed by atoms with E-state index in [9.17, 15) is 4.79 Å². The number of likely N-dealkylation sites (tertiary alicyclic amines) is 1. The van der Waals surface area contributed by atoms with Crippen LogP contribution in [0.1, 0.15) is 42.5 Å². The van der Waals surface area contributed by atoms with E-state index in [4.69, 9.17) is 18.9 Å². The van der Waals surface area contributed by atoms with E-state index >= 15 is 0 Å². The fourth-order valence-electron chi connectivity index (χ4n) is 4.64. The lowest BCUT2D eigenvalue weighted by Crippen LogP contribution is -2.49. The predicted molar refractivity (Wildman–Crippen MR) is 98.3 cm³/mol. The maximum absolute atomic E-state index is 13.3. The molecule has 2 fully saturated rings. The summed E-state index contributed by atoms with van der Waals surface area (Å²) in [6.45, 7) is 1.50. The van der Waals surface area contributed by atoms with Crippen molar-refractivity contribution in [3.63, 3.8) is 0 Å². The predicted octanol–water partition coefficient (Wildman–Crippen LogP) is 3.13. The van der Waals surface area contributed by atoms with E-state index in [1.54, 1.807) is 40.6 Å². The molecule has 0 aromatic heterocycles. The van der Waals surface area contributed by atoms with E-state index in [0.29, 0.717) is 22.8 Å². The van der Waals surface area contributed by atoms with Gasteiger partial charge in [0.05, 0.1) is 33.0 Å². The lowest BCUT2D eigenvalue weighted by Gasteiger charge is -2.43. The standard InChI is InChI=1S/C20H29NO5/c1-23-15-12-17(25-3)16(24-2)11-14(15)19(22)21-10-6-9-20(13-21)8-5-7-18(20)26-4/h11-12,18H,5-10,13H2,1-4H3/t18-,20+/m1/s1. The number of ether oxygens (including phenoxy) is 4. The maximum atomic E-state index is 13.3. The fourth-order valence-corrected chi connectivity index (χ4v) is 4.64. The molecule has 1 spiro atoms. The zero-order valence-electron chi connectivity index (χ0n) is 16.2. The Morgan fingerprint density at radius 3 is 2.31 bits per heavy atom. The van der Waals surface area contributed by atoms with Gasteiger partial charge in [-0.25, -0.2) is 0 Å². The Balaban J connectivity index is 1.89. The van der Waals surface area contributed by atoms with Crippen LogP contribution in [0, 0.1) is 5.41 Å². The number of methoxy groups -OCH3 is 4. The van der Waals surface area contributed by atoms with Gasteiger partial charge in [-0.05, 0) is 25.7 Å². The van der Waals surface area contributed by atoms with Crippen LogP contribution in [-0.4, -0.2) is 58.4 Å². The highest BCUT2D eigenvalue weighted by Crippen LogP contribution is 2.47. The topological polar surface area (TPSA) is 57.2 Å². The van der Waals surface area contributed by atoms with E-state index in [-0.39, 0.29) is 17.4 Å². The molecule has 1 heterocycles. The number of nitrogens with zero attached hydrogens (tertiary/aromatic N) is 1. The van der Waals surface area contributed by atoms with Gasteiger partial charge in [0.15, 0.2) is 11.5 Å². The smallest absolute Gasteiger partial charge is 0.257 e. The molecule has 1 saturated carbocycles. The van der Waals surface area contributed by atoms with Crippen molar-refractivity contribution in [3.05, 3.63) is 17.7 Å². The largest absolute Gasteiger partial charge is 0.496 e. The normalized spacial score (nSPS) is 25.4.